The van der Waals surface area contributed by atoms with E-state index in [1.54, 1.807) is 25.3 Å². The van der Waals surface area contributed by atoms with Gasteiger partial charge in [0.05, 0.1) is 6.61 Å². The highest BCUT2D eigenvalue weighted by Crippen LogP contribution is 2.23. The molecule has 0 atom stereocenters. The standard InChI is InChI=1S/C28H26N2O5/c1-3-32-26(31)16-13-23-10-7-17-29-27(23)34-18-21-11-14-24(15-12-21)33-19-25-20(2)35-28(30-25)22-8-5-4-6-9-22/h4-17H,3,18-19H2,1-2H3/b16-13+. The molecule has 0 aliphatic carbocycles. The van der Waals surface area contributed by atoms with Crippen molar-refractivity contribution in [1.82, 2.24) is 9.97 Å². The normalized spacial score (nSPS) is 10.9. The molecule has 0 unspecified atom stereocenters. The number of benzene rings is 2. The largest absolute Gasteiger partial charge is 0.487 e. The second-order valence-electron chi connectivity index (χ2n) is 7.59. The average Bonchev–Trinajstić information content (AvgIpc) is 3.27. The molecular weight excluding hydrogens is 444 g/mol. The first-order valence-electron chi connectivity index (χ1n) is 11.3. The molecule has 2 aromatic carbocycles. The van der Waals surface area contributed by atoms with Crippen molar-refractivity contribution < 1.29 is 23.4 Å². The summed E-state index contributed by atoms with van der Waals surface area (Å²) in [4.78, 5) is 20.4. The van der Waals surface area contributed by atoms with Crippen LogP contribution in [0.2, 0.25) is 0 Å². The van der Waals surface area contributed by atoms with E-state index in [-0.39, 0.29) is 0 Å². The first kappa shape index (κ1) is 23.8. The highest BCUT2D eigenvalue weighted by molar-refractivity contribution is 5.87. The van der Waals surface area contributed by atoms with Crippen LogP contribution in [0.3, 0.4) is 0 Å². The Balaban J connectivity index is 1.33. The zero-order valence-corrected chi connectivity index (χ0v) is 19.6. The maximum atomic E-state index is 11.6. The second kappa shape index (κ2) is 11.7. The fourth-order valence-electron chi connectivity index (χ4n) is 3.25. The Labute approximate surface area is 204 Å². The number of aryl methyl sites for hydroxylation is 1. The number of esters is 1. The van der Waals surface area contributed by atoms with Crippen LogP contribution in [0, 0.1) is 6.92 Å². The quantitative estimate of drug-likeness (QED) is 0.215. The van der Waals surface area contributed by atoms with Crippen LogP contribution in [0.5, 0.6) is 11.6 Å². The van der Waals surface area contributed by atoms with Crippen molar-refractivity contribution in [2.24, 2.45) is 0 Å². The Hall–Kier alpha value is -4.39. The Bertz CT molecular complexity index is 1280. The van der Waals surface area contributed by atoms with E-state index in [1.807, 2.05) is 67.6 Å². The van der Waals surface area contributed by atoms with E-state index < -0.39 is 5.97 Å². The lowest BCUT2D eigenvalue weighted by Gasteiger charge is -2.09. The predicted molar refractivity (Wildman–Crippen MR) is 132 cm³/mol. The number of carbonyl (C=O) groups excluding carboxylic acids is 1. The third kappa shape index (κ3) is 6.57. The molecule has 0 radical (unpaired) electrons. The molecular formula is C28H26N2O5. The molecule has 0 saturated heterocycles. The van der Waals surface area contributed by atoms with Crippen molar-refractivity contribution >= 4 is 12.0 Å². The van der Waals surface area contributed by atoms with Crippen LogP contribution in [0.15, 0.2) is 83.4 Å². The molecule has 7 nitrogen and oxygen atoms in total. The van der Waals surface area contributed by atoms with Crippen molar-refractivity contribution in [2.75, 3.05) is 6.61 Å². The van der Waals surface area contributed by atoms with Crippen LogP contribution in [-0.4, -0.2) is 22.5 Å². The summed E-state index contributed by atoms with van der Waals surface area (Å²) in [5.74, 6) is 2.06. The zero-order chi connectivity index (χ0) is 24.5. The van der Waals surface area contributed by atoms with Gasteiger partial charge in [0, 0.05) is 23.4 Å². The molecule has 0 bridgehead atoms. The Morgan fingerprint density at radius 3 is 2.54 bits per heavy atom. The van der Waals surface area contributed by atoms with Crippen LogP contribution < -0.4 is 9.47 Å². The highest BCUT2D eigenvalue weighted by Gasteiger charge is 2.12. The van der Waals surface area contributed by atoms with Gasteiger partial charge in [-0.25, -0.2) is 14.8 Å². The molecule has 4 rings (SSSR count). The molecule has 0 spiro atoms. The van der Waals surface area contributed by atoms with E-state index in [9.17, 15) is 4.79 Å². The van der Waals surface area contributed by atoms with Crippen molar-refractivity contribution in [2.45, 2.75) is 27.1 Å². The zero-order valence-electron chi connectivity index (χ0n) is 19.6. The molecule has 7 heteroatoms. The topological polar surface area (TPSA) is 83.7 Å². The summed E-state index contributed by atoms with van der Waals surface area (Å²) < 4.78 is 22.5. The number of ether oxygens (including phenoxy) is 3. The van der Waals surface area contributed by atoms with Gasteiger partial charge in [-0.1, -0.05) is 30.3 Å². The SMILES string of the molecule is CCOC(=O)/C=C/c1cccnc1OCc1ccc(OCc2nc(-c3ccccc3)oc2C)cc1. The van der Waals surface area contributed by atoms with Crippen LogP contribution in [0.25, 0.3) is 17.5 Å². The van der Waals surface area contributed by atoms with Gasteiger partial charge in [-0.3, -0.25) is 0 Å². The van der Waals surface area contributed by atoms with Gasteiger partial charge < -0.3 is 18.6 Å². The first-order valence-corrected chi connectivity index (χ1v) is 11.3. The molecule has 0 saturated carbocycles. The van der Waals surface area contributed by atoms with E-state index in [0.29, 0.717) is 42.9 Å². The summed E-state index contributed by atoms with van der Waals surface area (Å²) in [6, 6.07) is 21.0. The minimum atomic E-state index is -0.407. The number of pyridine rings is 1. The number of nitrogens with zero attached hydrogens (tertiary/aromatic N) is 2. The maximum absolute atomic E-state index is 11.6. The molecule has 0 aliphatic heterocycles. The molecule has 4 aromatic rings. The fraction of sp³-hybridized carbons (Fsp3) is 0.179. The monoisotopic (exact) mass is 470 g/mol. The smallest absolute Gasteiger partial charge is 0.330 e. The van der Waals surface area contributed by atoms with Crippen LogP contribution in [0.1, 0.15) is 29.5 Å². The Kier molecular flexibility index (Phi) is 7.91. The lowest BCUT2D eigenvalue weighted by Crippen LogP contribution is -2.01. The fourth-order valence-corrected chi connectivity index (χ4v) is 3.25. The van der Waals surface area contributed by atoms with Crippen molar-refractivity contribution in [3.05, 3.63) is 102 Å². The van der Waals surface area contributed by atoms with E-state index in [0.717, 1.165) is 22.6 Å². The molecule has 0 N–H and O–H groups in total. The van der Waals surface area contributed by atoms with Crippen LogP contribution in [-0.2, 0) is 22.7 Å². The summed E-state index contributed by atoms with van der Waals surface area (Å²) in [6.07, 6.45) is 4.63. The third-order valence-corrected chi connectivity index (χ3v) is 5.07. The lowest BCUT2D eigenvalue weighted by atomic mass is 10.2. The molecule has 35 heavy (non-hydrogen) atoms. The van der Waals surface area contributed by atoms with E-state index in [4.69, 9.17) is 18.6 Å². The summed E-state index contributed by atoms with van der Waals surface area (Å²) in [5.41, 5.74) is 3.33. The van der Waals surface area contributed by atoms with Gasteiger partial charge in [0.25, 0.3) is 0 Å². The van der Waals surface area contributed by atoms with Crippen molar-refractivity contribution in [1.29, 1.82) is 0 Å². The van der Waals surface area contributed by atoms with Gasteiger partial charge in [-0.05, 0) is 61.9 Å². The molecule has 0 aliphatic rings. The van der Waals surface area contributed by atoms with Gasteiger partial charge >= 0.3 is 5.97 Å². The van der Waals surface area contributed by atoms with Crippen molar-refractivity contribution in [3.63, 3.8) is 0 Å². The molecule has 178 valence electrons. The third-order valence-electron chi connectivity index (χ3n) is 5.07. The number of hydrogen-bond donors (Lipinski definition) is 0. The average molecular weight is 471 g/mol. The number of oxazole rings is 1. The van der Waals surface area contributed by atoms with Gasteiger partial charge in [-0.2, -0.15) is 0 Å². The number of rotatable bonds is 10. The van der Waals surface area contributed by atoms with Crippen LogP contribution in [0.4, 0.5) is 0 Å². The minimum absolute atomic E-state index is 0.308. The molecule has 0 fully saturated rings. The number of carbonyl (C=O) groups is 1. The van der Waals surface area contributed by atoms with Gasteiger partial charge in [0.2, 0.25) is 11.8 Å². The lowest BCUT2D eigenvalue weighted by molar-refractivity contribution is -0.137. The minimum Gasteiger partial charge on any atom is -0.487 e. The second-order valence-corrected chi connectivity index (χ2v) is 7.59. The summed E-state index contributed by atoms with van der Waals surface area (Å²) >= 11 is 0. The predicted octanol–water partition coefficient (Wildman–Crippen LogP) is 5.78. The summed E-state index contributed by atoms with van der Waals surface area (Å²) in [5, 5.41) is 0. The highest BCUT2D eigenvalue weighted by atomic mass is 16.5. The summed E-state index contributed by atoms with van der Waals surface area (Å²) in [6.45, 7) is 4.60. The summed E-state index contributed by atoms with van der Waals surface area (Å²) in [7, 11) is 0. The van der Waals surface area contributed by atoms with Crippen molar-refractivity contribution in [3.8, 4) is 23.1 Å². The van der Waals surface area contributed by atoms with Gasteiger partial charge in [-0.15, -0.1) is 0 Å². The number of hydrogen-bond acceptors (Lipinski definition) is 7. The van der Waals surface area contributed by atoms with Gasteiger partial charge in [0.1, 0.15) is 30.4 Å². The molecule has 0 amide bonds. The Morgan fingerprint density at radius 1 is 0.971 bits per heavy atom. The Morgan fingerprint density at radius 2 is 1.77 bits per heavy atom. The van der Waals surface area contributed by atoms with Gasteiger partial charge in [0.15, 0.2) is 0 Å². The number of aromatic nitrogens is 2. The first-order chi connectivity index (χ1) is 17.1. The molecule has 2 heterocycles. The van der Waals surface area contributed by atoms with E-state index >= 15 is 0 Å². The molecule has 2 aromatic heterocycles. The van der Waals surface area contributed by atoms with E-state index in [2.05, 4.69) is 9.97 Å². The maximum Gasteiger partial charge on any atom is 0.330 e. The van der Waals surface area contributed by atoms with Crippen LogP contribution >= 0.6 is 0 Å². The van der Waals surface area contributed by atoms with E-state index in [1.165, 1.54) is 6.08 Å².